The minimum Gasteiger partial charge on any atom is -0.347 e. The number of carbonyl (C=O) groups is 2. The Hall–Kier alpha value is -1.10. The lowest BCUT2D eigenvalue weighted by molar-refractivity contribution is -0.131. The maximum absolute atomic E-state index is 11.2. The second-order valence-corrected chi connectivity index (χ2v) is 4.00. The molecule has 1 rings (SSSR count). The molecule has 0 saturated heterocycles. The van der Waals surface area contributed by atoms with Crippen LogP contribution in [0.25, 0.3) is 0 Å². The largest absolute Gasteiger partial charge is 0.347 e. The first-order valence-corrected chi connectivity index (χ1v) is 5.42. The highest BCUT2D eigenvalue weighted by atomic mass is 16.5. The Bertz CT molecular complexity index is 225. The Morgan fingerprint density at radius 2 is 1.87 bits per heavy atom. The van der Waals surface area contributed by atoms with Gasteiger partial charge in [0.25, 0.3) is 5.91 Å². The zero-order valence-corrected chi connectivity index (χ0v) is 8.79. The van der Waals surface area contributed by atoms with Gasteiger partial charge in [-0.3, -0.25) is 14.8 Å². The Balaban J connectivity index is 2.05. The summed E-state index contributed by atoms with van der Waals surface area (Å²) in [5.41, 5.74) is 1.46. The van der Waals surface area contributed by atoms with Crippen molar-refractivity contribution >= 4 is 11.8 Å². The van der Waals surface area contributed by atoms with Crippen molar-refractivity contribution in [3.63, 3.8) is 0 Å². The maximum atomic E-state index is 11.2. The van der Waals surface area contributed by atoms with Crippen molar-refractivity contribution in [2.45, 2.75) is 38.5 Å². The van der Waals surface area contributed by atoms with Gasteiger partial charge in [0.15, 0.2) is 0 Å². The fourth-order valence-corrected chi connectivity index (χ4v) is 1.94. The summed E-state index contributed by atoms with van der Waals surface area (Å²) in [7, 11) is 0. The third-order valence-corrected chi connectivity index (χ3v) is 2.83. The van der Waals surface area contributed by atoms with Gasteiger partial charge in [0, 0.05) is 6.42 Å². The molecule has 15 heavy (non-hydrogen) atoms. The van der Waals surface area contributed by atoms with Gasteiger partial charge in [-0.25, -0.2) is 5.48 Å². The smallest absolute Gasteiger partial charge is 0.262 e. The Morgan fingerprint density at radius 3 is 2.47 bits per heavy atom. The number of hydrogen-bond acceptors (Lipinski definition) is 3. The van der Waals surface area contributed by atoms with Crippen molar-refractivity contribution < 1.29 is 14.8 Å². The number of hydroxylamine groups is 1. The molecule has 0 heterocycles. The highest BCUT2D eigenvalue weighted by Gasteiger charge is 2.16. The standard InChI is InChI=1S/C10H18N2O3/c13-9(11-7-10(14)12-15)6-5-8-3-1-2-4-8/h8,15H,1-7H2,(H,11,13)(H,12,14). The lowest BCUT2D eigenvalue weighted by Gasteiger charge is -2.08. The van der Waals surface area contributed by atoms with Crippen molar-refractivity contribution in [2.75, 3.05) is 6.54 Å². The molecule has 0 aliphatic heterocycles. The van der Waals surface area contributed by atoms with Crippen LogP contribution in [0.2, 0.25) is 0 Å². The van der Waals surface area contributed by atoms with Crippen LogP contribution in [0.3, 0.4) is 0 Å². The predicted octanol–water partition coefficient (Wildman–Crippen LogP) is 0.578. The minimum absolute atomic E-state index is 0.120. The molecule has 5 heteroatoms. The van der Waals surface area contributed by atoms with Crippen molar-refractivity contribution in [3.8, 4) is 0 Å². The van der Waals surface area contributed by atoms with Crippen LogP contribution in [0.4, 0.5) is 0 Å². The van der Waals surface area contributed by atoms with E-state index in [-0.39, 0.29) is 12.5 Å². The first kappa shape index (κ1) is 12.0. The predicted molar refractivity (Wildman–Crippen MR) is 54.1 cm³/mol. The van der Waals surface area contributed by atoms with Crippen molar-refractivity contribution in [1.82, 2.24) is 10.8 Å². The highest BCUT2D eigenvalue weighted by Crippen LogP contribution is 2.28. The number of carbonyl (C=O) groups excluding carboxylic acids is 2. The summed E-state index contributed by atoms with van der Waals surface area (Å²) in [6.07, 6.45) is 6.39. The summed E-state index contributed by atoms with van der Waals surface area (Å²) in [6, 6.07) is 0. The van der Waals surface area contributed by atoms with E-state index >= 15 is 0 Å². The van der Waals surface area contributed by atoms with E-state index in [0.717, 1.165) is 6.42 Å². The molecular weight excluding hydrogens is 196 g/mol. The molecule has 0 atom stereocenters. The van der Waals surface area contributed by atoms with Gasteiger partial charge >= 0.3 is 0 Å². The van der Waals surface area contributed by atoms with Gasteiger partial charge in [-0.1, -0.05) is 25.7 Å². The summed E-state index contributed by atoms with van der Waals surface area (Å²) in [5.74, 6) is -0.0304. The topological polar surface area (TPSA) is 78.4 Å². The van der Waals surface area contributed by atoms with Crippen LogP contribution < -0.4 is 10.8 Å². The van der Waals surface area contributed by atoms with Crippen LogP contribution in [-0.4, -0.2) is 23.6 Å². The molecule has 1 aliphatic rings. The Kier molecular flexibility index (Phi) is 5.10. The summed E-state index contributed by atoms with van der Waals surface area (Å²) in [6.45, 7) is -0.153. The minimum atomic E-state index is -0.593. The van der Waals surface area contributed by atoms with Crippen LogP contribution in [0, 0.1) is 5.92 Å². The zero-order chi connectivity index (χ0) is 11.1. The second-order valence-electron chi connectivity index (χ2n) is 4.00. The SMILES string of the molecule is O=C(CNC(=O)CCC1CCCC1)NO. The molecule has 86 valence electrons. The molecule has 0 aromatic carbocycles. The van der Waals surface area contributed by atoms with E-state index in [9.17, 15) is 9.59 Å². The van der Waals surface area contributed by atoms with Crippen LogP contribution in [0.1, 0.15) is 38.5 Å². The Morgan fingerprint density at radius 1 is 1.20 bits per heavy atom. The van der Waals surface area contributed by atoms with Crippen LogP contribution in [-0.2, 0) is 9.59 Å². The first-order chi connectivity index (χ1) is 7.22. The van der Waals surface area contributed by atoms with E-state index in [0.29, 0.717) is 12.3 Å². The quantitative estimate of drug-likeness (QED) is 0.462. The van der Waals surface area contributed by atoms with Gasteiger partial charge in [0.05, 0.1) is 6.54 Å². The van der Waals surface area contributed by atoms with Gasteiger partial charge in [-0.2, -0.15) is 0 Å². The first-order valence-electron chi connectivity index (χ1n) is 5.42. The zero-order valence-electron chi connectivity index (χ0n) is 8.79. The summed E-state index contributed by atoms with van der Waals surface area (Å²) >= 11 is 0. The Labute approximate surface area is 89.2 Å². The molecule has 1 saturated carbocycles. The fraction of sp³-hybridized carbons (Fsp3) is 0.800. The van der Waals surface area contributed by atoms with Gasteiger partial charge in [-0.15, -0.1) is 0 Å². The number of nitrogens with one attached hydrogen (secondary N) is 2. The van der Waals surface area contributed by atoms with Crippen molar-refractivity contribution in [3.05, 3.63) is 0 Å². The van der Waals surface area contributed by atoms with E-state index in [2.05, 4.69) is 5.32 Å². The average Bonchev–Trinajstić information content (AvgIpc) is 2.75. The monoisotopic (exact) mass is 214 g/mol. The number of rotatable bonds is 5. The normalized spacial score (nSPS) is 16.3. The van der Waals surface area contributed by atoms with Gasteiger partial charge in [-0.05, 0) is 12.3 Å². The molecule has 0 radical (unpaired) electrons. The molecule has 1 fully saturated rings. The molecule has 0 unspecified atom stereocenters. The van der Waals surface area contributed by atoms with Crippen LogP contribution >= 0.6 is 0 Å². The molecule has 0 aromatic rings. The lowest BCUT2D eigenvalue weighted by Crippen LogP contribution is -2.35. The van der Waals surface area contributed by atoms with E-state index in [1.165, 1.54) is 31.2 Å². The third-order valence-electron chi connectivity index (χ3n) is 2.83. The molecule has 0 spiro atoms. The average molecular weight is 214 g/mol. The van der Waals surface area contributed by atoms with Crippen LogP contribution in [0.5, 0.6) is 0 Å². The lowest BCUT2D eigenvalue weighted by atomic mass is 10.0. The summed E-state index contributed by atoms with van der Waals surface area (Å²) in [5, 5.41) is 10.6. The van der Waals surface area contributed by atoms with E-state index in [1.54, 1.807) is 0 Å². The van der Waals surface area contributed by atoms with E-state index in [4.69, 9.17) is 5.21 Å². The van der Waals surface area contributed by atoms with Crippen LogP contribution in [0.15, 0.2) is 0 Å². The van der Waals surface area contributed by atoms with Crippen molar-refractivity contribution in [2.24, 2.45) is 5.92 Å². The molecule has 5 nitrogen and oxygen atoms in total. The van der Waals surface area contributed by atoms with E-state index in [1.807, 2.05) is 0 Å². The van der Waals surface area contributed by atoms with Gasteiger partial charge in [0.1, 0.15) is 0 Å². The third kappa shape index (κ3) is 4.78. The van der Waals surface area contributed by atoms with Crippen molar-refractivity contribution in [1.29, 1.82) is 0 Å². The molecule has 0 aromatic heterocycles. The highest BCUT2D eigenvalue weighted by molar-refractivity contribution is 5.83. The molecular formula is C10H18N2O3. The van der Waals surface area contributed by atoms with Gasteiger partial charge in [0.2, 0.25) is 5.91 Å². The molecule has 2 amide bonds. The number of amides is 2. The molecule has 0 bridgehead atoms. The number of hydrogen-bond donors (Lipinski definition) is 3. The fourth-order valence-electron chi connectivity index (χ4n) is 1.94. The summed E-state index contributed by atoms with van der Waals surface area (Å²) in [4.78, 5) is 21.8. The van der Waals surface area contributed by atoms with E-state index < -0.39 is 5.91 Å². The summed E-state index contributed by atoms with van der Waals surface area (Å²) < 4.78 is 0. The second kappa shape index (κ2) is 6.40. The molecule has 3 N–H and O–H groups in total. The van der Waals surface area contributed by atoms with Gasteiger partial charge < -0.3 is 5.32 Å². The molecule has 1 aliphatic carbocycles. The maximum Gasteiger partial charge on any atom is 0.262 e.